The Morgan fingerprint density at radius 2 is 2.00 bits per heavy atom. The fourth-order valence-corrected chi connectivity index (χ4v) is 1.85. The normalized spacial score (nSPS) is 14.6. The zero-order valence-corrected chi connectivity index (χ0v) is 10.9. The molecule has 0 saturated carbocycles. The minimum Gasteiger partial charge on any atom is -0.508 e. The van der Waals surface area contributed by atoms with Crippen molar-refractivity contribution in [2.75, 3.05) is 6.54 Å². The van der Waals surface area contributed by atoms with Crippen LogP contribution in [0.25, 0.3) is 0 Å². The first-order valence-corrected chi connectivity index (χ1v) is 6.21. The second kappa shape index (κ2) is 6.62. The van der Waals surface area contributed by atoms with E-state index < -0.39 is 0 Å². The third-order valence-corrected chi connectivity index (χ3v) is 2.90. The minimum absolute atomic E-state index is 0.129. The number of nitrogens with one attached hydrogen (secondary N) is 1. The summed E-state index contributed by atoms with van der Waals surface area (Å²) in [6.07, 6.45) is 1.51. The Balaban J connectivity index is 2.44. The Morgan fingerprint density at radius 1 is 1.29 bits per heavy atom. The van der Waals surface area contributed by atoms with E-state index in [1.807, 2.05) is 26.0 Å². The maximum absolute atomic E-state index is 9.83. The van der Waals surface area contributed by atoms with Gasteiger partial charge in [-0.25, -0.2) is 0 Å². The maximum atomic E-state index is 9.83. The molecular formula is C14H23NO2. The van der Waals surface area contributed by atoms with Crippen molar-refractivity contribution in [1.82, 2.24) is 5.32 Å². The van der Waals surface area contributed by atoms with Crippen LogP contribution in [0.15, 0.2) is 18.2 Å². The quantitative estimate of drug-likeness (QED) is 0.666. The van der Waals surface area contributed by atoms with Gasteiger partial charge < -0.3 is 15.5 Å². The third-order valence-electron chi connectivity index (χ3n) is 2.90. The molecule has 0 aliphatic heterocycles. The number of aromatic hydroxyl groups is 1. The van der Waals surface area contributed by atoms with Crippen LogP contribution < -0.4 is 5.32 Å². The Hall–Kier alpha value is -1.06. The summed E-state index contributed by atoms with van der Waals surface area (Å²) in [5.41, 5.74) is 1.99. The molecule has 0 fully saturated rings. The average Bonchev–Trinajstić information content (AvgIpc) is 2.23. The largest absolute Gasteiger partial charge is 0.508 e. The van der Waals surface area contributed by atoms with Crippen LogP contribution >= 0.6 is 0 Å². The zero-order chi connectivity index (χ0) is 12.8. The molecule has 0 aromatic heterocycles. The molecular weight excluding hydrogens is 214 g/mol. The van der Waals surface area contributed by atoms with Crippen LogP contribution in [0.4, 0.5) is 0 Å². The first kappa shape index (κ1) is 14.0. The highest BCUT2D eigenvalue weighted by molar-refractivity contribution is 5.37. The highest BCUT2D eigenvalue weighted by Gasteiger charge is 2.09. The van der Waals surface area contributed by atoms with E-state index in [-0.39, 0.29) is 12.1 Å². The number of aliphatic hydroxyl groups is 1. The number of hydrogen-bond acceptors (Lipinski definition) is 3. The smallest absolute Gasteiger partial charge is 0.120 e. The first-order valence-electron chi connectivity index (χ1n) is 6.21. The summed E-state index contributed by atoms with van der Waals surface area (Å²) < 4.78 is 0. The maximum Gasteiger partial charge on any atom is 0.120 e. The number of aliphatic hydroxyl groups excluding tert-OH is 1. The van der Waals surface area contributed by atoms with E-state index in [1.54, 1.807) is 13.0 Å². The topological polar surface area (TPSA) is 52.5 Å². The molecule has 0 radical (unpaired) electrons. The molecule has 1 rings (SSSR count). The van der Waals surface area contributed by atoms with Gasteiger partial charge in [0.15, 0.2) is 0 Å². The molecule has 3 heteroatoms. The van der Waals surface area contributed by atoms with Crippen molar-refractivity contribution in [1.29, 1.82) is 0 Å². The fraction of sp³-hybridized carbons (Fsp3) is 0.571. The Kier molecular flexibility index (Phi) is 5.45. The standard InChI is InChI=1S/C14H23NO2/c1-10-6-7-13(14(17)9-10)12(3)15-8-4-5-11(2)16/h6-7,9,11-12,15-17H,4-5,8H2,1-3H3. The van der Waals surface area contributed by atoms with Gasteiger partial charge in [-0.1, -0.05) is 12.1 Å². The van der Waals surface area contributed by atoms with Gasteiger partial charge in [0.2, 0.25) is 0 Å². The van der Waals surface area contributed by atoms with Crippen LogP contribution in [-0.2, 0) is 0 Å². The second-order valence-corrected chi connectivity index (χ2v) is 4.73. The lowest BCUT2D eigenvalue weighted by molar-refractivity contribution is 0.181. The predicted molar refractivity (Wildman–Crippen MR) is 70.2 cm³/mol. The number of phenols is 1. The molecule has 1 aromatic carbocycles. The van der Waals surface area contributed by atoms with Crippen molar-refractivity contribution >= 4 is 0 Å². The van der Waals surface area contributed by atoms with Crippen LogP contribution in [0.3, 0.4) is 0 Å². The van der Waals surface area contributed by atoms with Crippen LogP contribution in [0.5, 0.6) is 5.75 Å². The molecule has 96 valence electrons. The lowest BCUT2D eigenvalue weighted by Gasteiger charge is -2.16. The molecule has 1 aromatic rings. The highest BCUT2D eigenvalue weighted by Crippen LogP contribution is 2.24. The van der Waals surface area contributed by atoms with Crippen molar-refractivity contribution in [2.45, 2.75) is 45.8 Å². The van der Waals surface area contributed by atoms with E-state index in [1.165, 1.54) is 0 Å². The average molecular weight is 237 g/mol. The van der Waals surface area contributed by atoms with Gasteiger partial charge in [-0.3, -0.25) is 0 Å². The van der Waals surface area contributed by atoms with Gasteiger partial charge in [0.05, 0.1) is 6.10 Å². The van der Waals surface area contributed by atoms with Crippen molar-refractivity contribution < 1.29 is 10.2 Å². The van der Waals surface area contributed by atoms with Crippen molar-refractivity contribution in [3.8, 4) is 5.75 Å². The van der Waals surface area contributed by atoms with Crippen LogP contribution in [0, 0.1) is 6.92 Å². The zero-order valence-electron chi connectivity index (χ0n) is 10.9. The molecule has 0 heterocycles. The molecule has 0 amide bonds. The number of phenolic OH excluding ortho intramolecular Hbond substituents is 1. The summed E-state index contributed by atoms with van der Waals surface area (Å²) in [5, 5.41) is 22.3. The second-order valence-electron chi connectivity index (χ2n) is 4.73. The van der Waals surface area contributed by atoms with Gasteiger partial charge in [0.25, 0.3) is 0 Å². The number of rotatable bonds is 6. The summed E-state index contributed by atoms with van der Waals surface area (Å²) in [7, 11) is 0. The first-order chi connectivity index (χ1) is 8.00. The fourth-order valence-electron chi connectivity index (χ4n) is 1.85. The predicted octanol–water partition coefficient (Wildman–Crippen LogP) is 2.51. The van der Waals surface area contributed by atoms with Crippen molar-refractivity contribution in [3.05, 3.63) is 29.3 Å². The van der Waals surface area contributed by atoms with E-state index in [0.717, 1.165) is 30.5 Å². The molecule has 0 aliphatic rings. The Labute approximate surface area is 103 Å². The molecule has 0 bridgehead atoms. The molecule has 0 spiro atoms. The number of benzene rings is 1. The van der Waals surface area contributed by atoms with Gasteiger partial charge in [0, 0.05) is 11.6 Å². The monoisotopic (exact) mass is 237 g/mol. The molecule has 17 heavy (non-hydrogen) atoms. The van der Waals surface area contributed by atoms with E-state index in [0.29, 0.717) is 5.75 Å². The molecule has 0 aliphatic carbocycles. The van der Waals surface area contributed by atoms with E-state index in [4.69, 9.17) is 5.11 Å². The molecule has 2 unspecified atom stereocenters. The summed E-state index contributed by atoms with van der Waals surface area (Å²) in [6.45, 7) is 6.64. The van der Waals surface area contributed by atoms with Gasteiger partial charge in [0.1, 0.15) is 5.75 Å². The van der Waals surface area contributed by atoms with E-state index >= 15 is 0 Å². The molecule has 2 atom stereocenters. The van der Waals surface area contributed by atoms with Gasteiger partial charge in [-0.05, 0) is 51.8 Å². The minimum atomic E-state index is -0.236. The lowest BCUT2D eigenvalue weighted by Crippen LogP contribution is -2.20. The van der Waals surface area contributed by atoms with Crippen LogP contribution in [0.2, 0.25) is 0 Å². The van der Waals surface area contributed by atoms with Crippen molar-refractivity contribution in [2.24, 2.45) is 0 Å². The van der Waals surface area contributed by atoms with Gasteiger partial charge >= 0.3 is 0 Å². The van der Waals surface area contributed by atoms with Gasteiger partial charge in [-0.2, -0.15) is 0 Å². The van der Waals surface area contributed by atoms with Crippen LogP contribution in [-0.4, -0.2) is 22.9 Å². The highest BCUT2D eigenvalue weighted by atomic mass is 16.3. The van der Waals surface area contributed by atoms with Crippen LogP contribution in [0.1, 0.15) is 43.9 Å². The summed E-state index contributed by atoms with van der Waals surface area (Å²) in [6, 6.07) is 5.87. The van der Waals surface area contributed by atoms with Crippen molar-refractivity contribution in [3.63, 3.8) is 0 Å². The number of aryl methyl sites for hydroxylation is 1. The summed E-state index contributed by atoms with van der Waals surface area (Å²) in [5.74, 6) is 0.348. The Morgan fingerprint density at radius 3 is 2.59 bits per heavy atom. The van der Waals surface area contributed by atoms with E-state index in [9.17, 15) is 5.11 Å². The molecule has 3 nitrogen and oxygen atoms in total. The lowest BCUT2D eigenvalue weighted by atomic mass is 10.0. The third kappa shape index (κ3) is 4.75. The SMILES string of the molecule is Cc1ccc(C(C)NCCCC(C)O)c(O)c1. The number of hydrogen-bond donors (Lipinski definition) is 3. The summed E-state index contributed by atoms with van der Waals surface area (Å²) >= 11 is 0. The summed E-state index contributed by atoms with van der Waals surface area (Å²) in [4.78, 5) is 0. The van der Waals surface area contributed by atoms with E-state index in [2.05, 4.69) is 5.32 Å². The molecule has 3 N–H and O–H groups in total. The van der Waals surface area contributed by atoms with Gasteiger partial charge in [-0.15, -0.1) is 0 Å². The Bertz CT molecular complexity index is 350. The molecule has 0 saturated heterocycles.